The van der Waals surface area contributed by atoms with Crippen molar-refractivity contribution in [2.24, 2.45) is 5.73 Å². The van der Waals surface area contributed by atoms with E-state index >= 15 is 0 Å². The third kappa shape index (κ3) is 6.11. The first-order valence-electron chi connectivity index (χ1n) is 8.47. The molecule has 0 aliphatic heterocycles. The Morgan fingerprint density at radius 3 is 2.44 bits per heavy atom. The lowest BCUT2D eigenvalue weighted by atomic mass is 10.2. The van der Waals surface area contributed by atoms with Gasteiger partial charge in [0.05, 0.1) is 12.4 Å². The van der Waals surface area contributed by atoms with Gasteiger partial charge in [0.25, 0.3) is 0 Å². The van der Waals surface area contributed by atoms with E-state index in [1.807, 2.05) is 66.4 Å². The van der Waals surface area contributed by atoms with Crippen LogP contribution in [-0.4, -0.2) is 36.3 Å². The first-order chi connectivity index (χ1) is 12.1. The smallest absolute Gasteiger partial charge is 0.236 e. The van der Waals surface area contributed by atoms with Crippen molar-refractivity contribution in [2.75, 3.05) is 20.2 Å². The molecule has 5 heteroatoms. The van der Waals surface area contributed by atoms with E-state index in [9.17, 15) is 4.79 Å². The minimum absolute atomic E-state index is 0.137. The van der Waals surface area contributed by atoms with Gasteiger partial charge in [-0.2, -0.15) is 0 Å². The minimum atomic E-state index is -0.158. The number of methoxy groups -OCH3 is 1. The summed E-state index contributed by atoms with van der Waals surface area (Å²) < 4.78 is 5.17. The van der Waals surface area contributed by atoms with Crippen LogP contribution in [0.1, 0.15) is 18.9 Å². The number of nitrogens with two attached hydrogens (primary N) is 1. The average Bonchev–Trinajstić information content (AvgIpc) is 2.66. The van der Waals surface area contributed by atoms with Gasteiger partial charge in [0.2, 0.25) is 5.91 Å². The van der Waals surface area contributed by atoms with E-state index in [1.54, 1.807) is 18.9 Å². The number of carbonyl (C=O) groups is 1. The molecule has 2 aromatic carbocycles. The average molecular weight is 359 g/mol. The fourth-order valence-electron chi connectivity index (χ4n) is 2.52. The molecule has 1 amide bonds. The Morgan fingerprint density at radius 2 is 1.84 bits per heavy atom. The molecule has 0 saturated heterocycles. The zero-order chi connectivity index (χ0) is 18.1. The molecular formula is C20H26N2O2S. The summed E-state index contributed by atoms with van der Waals surface area (Å²) in [7, 11) is 1.65. The number of amides is 1. The van der Waals surface area contributed by atoms with Crippen molar-refractivity contribution in [3.8, 4) is 5.75 Å². The van der Waals surface area contributed by atoms with Crippen LogP contribution in [0.25, 0.3) is 0 Å². The van der Waals surface area contributed by atoms with E-state index in [0.29, 0.717) is 19.6 Å². The maximum absolute atomic E-state index is 12.9. The Kier molecular flexibility index (Phi) is 7.82. The Balaban J connectivity index is 2.02. The second-order valence-corrected chi connectivity index (χ2v) is 7.24. The molecule has 0 spiro atoms. The molecule has 134 valence electrons. The Bertz CT molecular complexity index is 647. The maximum atomic E-state index is 12.9. The van der Waals surface area contributed by atoms with Crippen molar-refractivity contribution in [3.05, 3.63) is 60.2 Å². The molecule has 0 heterocycles. The van der Waals surface area contributed by atoms with E-state index in [2.05, 4.69) is 0 Å². The molecule has 25 heavy (non-hydrogen) atoms. The van der Waals surface area contributed by atoms with E-state index in [1.165, 1.54) is 0 Å². The first-order valence-corrected chi connectivity index (χ1v) is 9.35. The third-order valence-corrected chi connectivity index (χ3v) is 4.98. The monoisotopic (exact) mass is 358 g/mol. The summed E-state index contributed by atoms with van der Waals surface area (Å²) >= 11 is 1.57. The van der Waals surface area contributed by atoms with Gasteiger partial charge in [-0.3, -0.25) is 4.79 Å². The van der Waals surface area contributed by atoms with Gasteiger partial charge in [-0.15, -0.1) is 11.8 Å². The van der Waals surface area contributed by atoms with E-state index in [-0.39, 0.29) is 11.2 Å². The predicted molar refractivity (Wildman–Crippen MR) is 104 cm³/mol. The van der Waals surface area contributed by atoms with Gasteiger partial charge in [0.15, 0.2) is 0 Å². The van der Waals surface area contributed by atoms with Crippen LogP contribution in [-0.2, 0) is 11.3 Å². The molecule has 2 N–H and O–H groups in total. The van der Waals surface area contributed by atoms with Crippen molar-refractivity contribution >= 4 is 17.7 Å². The molecule has 0 aliphatic rings. The topological polar surface area (TPSA) is 55.6 Å². The molecule has 4 nitrogen and oxygen atoms in total. The standard InChI is InChI=1S/C20H26N2O2S/c1-16(25-19-11-9-18(24-2)10-12-19)20(23)22(14-6-13-21)15-17-7-4-3-5-8-17/h3-5,7-12,16H,6,13-15,21H2,1-2H3. The lowest BCUT2D eigenvalue weighted by molar-refractivity contribution is -0.131. The highest BCUT2D eigenvalue weighted by Crippen LogP contribution is 2.26. The molecule has 2 aromatic rings. The number of benzene rings is 2. The molecule has 1 atom stereocenters. The number of rotatable bonds is 9. The molecule has 0 aromatic heterocycles. The highest BCUT2D eigenvalue weighted by atomic mass is 32.2. The van der Waals surface area contributed by atoms with Crippen LogP contribution in [0.15, 0.2) is 59.5 Å². The zero-order valence-electron chi connectivity index (χ0n) is 14.9. The quantitative estimate of drug-likeness (QED) is 0.697. The van der Waals surface area contributed by atoms with Crippen LogP contribution in [0.5, 0.6) is 5.75 Å². The summed E-state index contributed by atoms with van der Waals surface area (Å²) in [4.78, 5) is 15.9. The van der Waals surface area contributed by atoms with Crippen LogP contribution in [0, 0.1) is 0 Å². The van der Waals surface area contributed by atoms with Crippen molar-refractivity contribution in [1.82, 2.24) is 4.90 Å². The summed E-state index contributed by atoms with van der Waals surface area (Å²) in [6.07, 6.45) is 0.804. The molecule has 0 aliphatic carbocycles. The number of hydrogen-bond donors (Lipinski definition) is 1. The number of thioether (sulfide) groups is 1. The Hall–Kier alpha value is -1.98. The van der Waals surface area contributed by atoms with Crippen LogP contribution < -0.4 is 10.5 Å². The number of nitrogens with zero attached hydrogens (tertiary/aromatic N) is 1. The van der Waals surface area contributed by atoms with Crippen molar-refractivity contribution in [2.45, 2.75) is 30.0 Å². The predicted octanol–water partition coefficient (Wildman–Crippen LogP) is 3.55. The minimum Gasteiger partial charge on any atom is -0.497 e. The summed E-state index contributed by atoms with van der Waals surface area (Å²) in [6.45, 7) is 3.83. The highest BCUT2D eigenvalue weighted by Gasteiger charge is 2.21. The Labute approximate surface area is 154 Å². The SMILES string of the molecule is COc1ccc(SC(C)C(=O)N(CCCN)Cc2ccccc2)cc1. The van der Waals surface area contributed by atoms with Gasteiger partial charge in [0, 0.05) is 18.0 Å². The summed E-state index contributed by atoms with van der Waals surface area (Å²) in [5.41, 5.74) is 6.78. The van der Waals surface area contributed by atoms with Crippen molar-refractivity contribution in [1.29, 1.82) is 0 Å². The lowest BCUT2D eigenvalue weighted by Gasteiger charge is -2.26. The normalized spacial score (nSPS) is 11.8. The molecule has 1 unspecified atom stereocenters. The Morgan fingerprint density at radius 1 is 1.16 bits per heavy atom. The van der Waals surface area contributed by atoms with Crippen LogP contribution >= 0.6 is 11.8 Å². The molecule has 0 bridgehead atoms. The van der Waals surface area contributed by atoms with Crippen molar-refractivity contribution in [3.63, 3.8) is 0 Å². The molecule has 0 fully saturated rings. The number of ether oxygens (including phenoxy) is 1. The molecule has 0 radical (unpaired) electrons. The fourth-order valence-corrected chi connectivity index (χ4v) is 3.47. The van der Waals surface area contributed by atoms with Gasteiger partial charge in [-0.1, -0.05) is 30.3 Å². The largest absolute Gasteiger partial charge is 0.497 e. The second-order valence-electron chi connectivity index (χ2n) is 5.82. The lowest BCUT2D eigenvalue weighted by Crippen LogP contribution is -2.37. The summed E-state index contributed by atoms with van der Waals surface area (Å²) in [5.74, 6) is 0.954. The molecule has 0 saturated carbocycles. The zero-order valence-corrected chi connectivity index (χ0v) is 15.7. The summed E-state index contributed by atoms with van der Waals surface area (Å²) in [5, 5.41) is -0.158. The van der Waals surface area contributed by atoms with Crippen LogP contribution in [0.3, 0.4) is 0 Å². The maximum Gasteiger partial charge on any atom is 0.236 e. The van der Waals surface area contributed by atoms with Gasteiger partial charge in [0.1, 0.15) is 5.75 Å². The van der Waals surface area contributed by atoms with Gasteiger partial charge >= 0.3 is 0 Å². The third-order valence-electron chi connectivity index (χ3n) is 3.88. The molecular weight excluding hydrogens is 332 g/mol. The van der Waals surface area contributed by atoms with Crippen molar-refractivity contribution < 1.29 is 9.53 Å². The van der Waals surface area contributed by atoms with Gasteiger partial charge in [-0.25, -0.2) is 0 Å². The highest BCUT2D eigenvalue weighted by molar-refractivity contribution is 8.00. The van der Waals surface area contributed by atoms with Crippen LogP contribution in [0.2, 0.25) is 0 Å². The van der Waals surface area contributed by atoms with Gasteiger partial charge in [-0.05, 0) is 49.7 Å². The molecule has 2 rings (SSSR count). The van der Waals surface area contributed by atoms with E-state index in [4.69, 9.17) is 10.5 Å². The van der Waals surface area contributed by atoms with Crippen LogP contribution in [0.4, 0.5) is 0 Å². The first kappa shape index (κ1) is 19.3. The summed E-state index contributed by atoms with van der Waals surface area (Å²) in [6, 6.07) is 17.9. The van der Waals surface area contributed by atoms with E-state index < -0.39 is 0 Å². The van der Waals surface area contributed by atoms with Gasteiger partial charge < -0.3 is 15.4 Å². The number of carbonyl (C=O) groups excluding carboxylic acids is 1. The van der Waals surface area contributed by atoms with E-state index in [0.717, 1.165) is 22.6 Å². The fraction of sp³-hybridized carbons (Fsp3) is 0.350. The number of hydrogen-bond acceptors (Lipinski definition) is 4. The second kappa shape index (κ2) is 10.1.